The molecule has 0 aliphatic carbocycles. The van der Waals surface area contributed by atoms with Gasteiger partial charge >= 0.3 is 0 Å². The number of likely N-dealkylation sites (tertiary alicyclic amines) is 1. The third kappa shape index (κ3) is 3.84. The molecular formula is C19H21N5O3S. The van der Waals surface area contributed by atoms with Crippen LogP contribution in [0.5, 0.6) is 0 Å². The van der Waals surface area contributed by atoms with Gasteiger partial charge in [-0.25, -0.2) is 8.42 Å². The molecule has 8 nitrogen and oxygen atoms in total. The van der Waals surface area contributed by atoms with Crippen LogP contribution < -0.4 is 4.72 Å². The Morgan fingerprint density at radius 1 is 1.18 bits per heavy atom. The van der Waals surface area contributed by atoms with Crippen LogP contribution in [-0.4, -0.2) is 53.2 Å². The number of nitrogens with one attached hydrogen (secondary N) is 1. The number of fused-ring (bicyclic) bond motifs is 1. The van der Waals surface area contributed by atoms with Crippen molar-refractivity contribution in [2.75, 3.05) is 24.1 Å². The van der Waals surface area contributed by atoms with Crippen LogP contribution in [0.25, 0.3) is 5.65 Å². The Bertz CT molecular complexity index is 1130. The summed E-state index contributed by atoms with van der Waals surface area (Å²) >= 11 is 0. The number of carbonyl (C=O) groups excluding carboxylic acids is 1. The number of hydrogen-bond acceptors (Lipinski definition) is 5. The molecular weight excluding hydrogens is 378 g/mol. The summed E-state index contributed by atoms with van der Waals surface area (Å²) in [7, 11) is -3.40. The van der Waals surface area contributed by atoms with E-state index in [-0.39, 0.29) is 11.8 Å². The zero-order valence-corrected chi connectivity index (χ0v) is 16.3. The van der Waals surface area contributed by atoms with Gasteiger partial charge in [-0.3, -0.25) is 13.9 Å². The van der Waals surface area contributed by atoms with E-state index in [0.717, 1.165) is 30.6 Å². The summed E-state index contributed by atoms with van der Waals surface area (Å²) in [5.74, 6) is 0.851. The summed E-state index contributed by atoms with van der Waals surface area (Å²) in [6.07, 6.45) is 4.83. The Hall–Kier alpha value is -2.94. The molecule has 1 fully saturated rings. The molecule has 1 amide bonds. The van der Waals surface area contributed by atoms with Gasteiger partial charge in [-0.2, -0.15) is 0 Å². The third-order valence-corrected chi connectivity index (χ3v) is 5.43. The zero-order valence-electron chi connectivity index (χ0n) is 15.4. The fourth-order valence-electron chi connectivity index (χ4n) is 3.62. The number of pyridine rings is 1. The Kier molecular flexibility index (Phi) is 4.76. The van der Waals surface area contributed by atoms with Crippen molar-refractivity contribution < 1.29 is 13.2 Å². The summed E-state index contributed by atoms with van der Waals surface area (Å²) in [5, 5.41) is 8.55. The molecule has 1 aliphatic rings. The van der Waals surface area contributed by atoms with Crippen LogP contribution in [0.3, 0.4) is 0 Å². The second-order valence-corrected chi connectivity index (χ2v) is 8.78. The molecule has 1 aromatic carbocycles. The maximum Gasteiger partial charge on any atom is 0.253 e. The minimum Gasteiger partial charge on any atom is -0.338 e. The van der Waals surface area contributed by atoms with E-state index in [9.17, 15) is 13.2 Å². The number of piperidine rings is 1. The molecule has 3 heterocycles. The van der Waals surface area contributed by atoms with Gasteiger partial charge in [0, 0.05) is 36.5 Å². The highest BCUT2D eigenvalue weighted by Gasteiger charge is 2.28. The Morgan fingerprint density at radius 3 is 2.86 bits per heavy atom. The highest BCUT2D eigenvalue weighted by atomic mass is 32.2. The number of aromatic nitrogens is 3. The normalized spacial score (nSPS) is 17.6. The van der Waals surface area contributed by atoms with Crippen molar-refractivity contribution in [1.29, 1.82) is 0 Å². The van der Waals surface area contributed by atoms with Gasteiger partial charge in [0.05, 0.1) is 6.26 Å². The molecule has 3 aromatic rings. The van der Waals surface area contributed by atoms with Crippen LogP contribution >= 0.6 is 0 Å². The van der Waals surface area contributed by atoms with E-state index < -0.39 is 10.0 Å². The van der Waals surface area contributed by atoms with Crippen LogP contribution in [0.2, 0.25) is 0 Å². The fraction of sp³-hybridized carbons (Fsp3) is 0.316. The number of sulfonamides is 1. The molecule has 1 unspecified atom stereocenters. The molecule has 1 N–H and O–H groups in total. The zero-order chi connectivity index (χ0) is 19.7. The van der Waals surface area contributed by atoms with Gasteiger partial charge in [-0.15, -0.1) is 10.2 Å². The van der Waals surface area contributed by atoms with Crippen LogP contribution in [0.4, 0.5) is 5.69 Å². The number of benzene rings is 1. The largest absolute Gasteiger partial charge is 0.338 e. The van der Waals surface area contributed by atoms with E-state index in [1.54, 1.807) is 29.2 Å². The lowest BCUT2D eigenvalue weighted by Gasteiger charge is -2.32. The van der Waals surface area contributed by atoms with Crippen molar-refractivity contribution in [2.45, 2.75) is 18.8 Å². The van der Waals surface area contributed by atoms with E-state index in [4.69, 9.17) is 0 Å². The third-order valence-electron chi connectivity index (χ3n) is 4.83. The van der Waals surface area contributed by atoms with Crippen molar-refractivity contribution in [3.63, 3.8) is 0 Å². The summed E-state index contributed by atoms with van der Waals surface area (Å²) < 4.78 is 27.3. The van der Waals surface area contributed by atoms with Crippen molar-refractivity contribution >= 4 is 27.3 Å². The molecule has 0 spiro atoms. The Morgan fingerprint density at radius 2 is 2.04 bits per heavy atom. The summed E-state index contributed by atoms with van der Waals surface area (Å²) in [5.41, 5.74) is 1.63. The van der Waals surface area contributed by atoms with Gasteiger partial charge in [-0.1, -0.05) is 12.1 Å². The summed E-state index contributed by atoms with van der Waals surface area (Å²) in [4.78, 5) is 14.8. The summed E-state index contributed by atoms with van der Waals surface area (Å²) in [6.45, 7) is 1.22. The average molecular weight is 399 g/mol. The molecule has 1 atom stereocenters. The van der Waals surface area contributed by atoms with E-state index in [1.165, 1.54) is 0 Å². The van der Waals surface area contributed by atoms with Gasteiger partial charge < -0.3 is 4.90 Å². The average Bonchev–Trinajstić information content (AvgIpc) is 3.10. The monoisotopic (exact) mass is 399 g/mol. The minimum atomic E-state index is -3.40. The van der Waals surface area contributed by atoms with Crippen molar-refractivity contribution in [3.8, 4) is 0 Å². The number of carbonyl (C=O) groups is 1. The second kappa shape index (κ2) is 7.23. The fourth-order valence-corrected chi connectivity index (χ4v) is 4.18. The molecule has 2 aromatic heterocycles. The van der Waals surface area contributed by atoms with Gasteiger partial charge in [0.1, 0.15) is 5.82 Å². The van der Waals surface area contributed by atoms with E-state index in [2.05, 4.69) is 14.9 Å². The molecule has 1 aliphatic heterocycles. The highest BCUT2D eigenvalue weighted by Crippen LogP contribution is 2.27. The maximum atomic E-state index is 13.0. The lowest BCUT2D eigenvalue weighted by atomic mass is 9.96. The molecule has 4 rings (SSSR count). The van der Waals surface area contributed by atoms with Crippen molar-refractivity contribution in [2.24, 2.45) is 0 Å². The molecule has 28 heavy (non-hydrogen) atoms. The lowest BCUT2D eigenvalue weighted by Crippen LogP contribution is -2.39. The van der Waals surface area contributed by atoms with Crippen LogP contribution in [0.1, 0.15) is 34.9 Å². The Balaban J connectivity index is 1.55. The van der Waals surface area contributed by atoms with Gasteiger partial charge in [0.15, 0.2) is 5.65 Å². The van der Waals surface area contributed by atoms with E-state index >= 15 is 0 Å². The van der Waals surface area contributed by atoms with Crippen molar-refractivity contribution in [3.05, 3.63) is 60.0 Å². The summed E-state index contributed by atoms with van der Waals surface area (Å²) in [6, 6.07) is 12.3. The Labute approximate surface area is 163 Å². The van der Waals surface area contributed by atoms with E-state index in [0.29, 0.717) is 24.3 Å². The first-order chi connectivity index (χ1) is 13.4. The number of nitrogens with zero attached hydrogens (tertiary/aromatic N) is 4. The predicted molar refractivity (Wildman–Crippen MR) is 106 cm³/mol. The van der Waals surface area contributed by atoms with Gasteiger partial charge in [0.25, 0.3) is 5.91 Å². The van der Waals surface area contributed by atoms with Crippen LogP contribution in [-0.2, 0) is 10.0 Å². The minimum absolute atomic E-state index is 0.104. The first kappa shape index (κ1) is 18.4. The first-order valence-electron chi connectivity index (χ1n) is 9.07. The quantitative estimate of drug-likeness (QED) is 0.725. The predicted octanol–water partition coefficient (Wildman–Crippen LogP) is 2.12. The molecule has 0 radical (unpaired) electrons. The van der Waals surface area contributed by atoms with Crippen molar-refractivity contribution in [1.82, 2.24) is 19.5 Å². The molecule has 0 saturated carbocycles. The SMILES string of the molecule is CS(=O)(=O)Nc1cccc(C(=O)N2CCCC(c3nnc4ccccn34)C2)c1. The van der Waals surface area contributed by atoms with Gasteiger partial charge in [-0.05, 0) is 43.2 Å². The number of hydrogen-bond donors (Lipinski definition) is 1. The topological polar surface area (TPSA) is 96.7 Å². The lowest BCUT2D eigenvalue weighted by molar-refractivity contribution is 0.0704. The van der Waals surface area contributed by atoms with E-state index in [1.807, 2.05) is 28.8 Å². The number of amides is 1. The number of rotatable bonds is 4. The molecule has 146 valence electrons. The second-order valence-electron chi connectivity index (χ2n) is 7.03. The molecule has 0 bridgehead atoms. The van der Waals surface area contributed by atoms with Gasteiger partial charge in [0.2, 0.25) is 10.0 Å². The highest BCUT2D eigenvalue weighted by molar-refractivity contribution is 7.92. The van der Waals surface area contributed by atoms with Crippen LogP contribution in [0, 0.1) is 0 Å². The number of anilines is 1. The molecule has 1 saturated heterocycles. The smallest absolute Gasteiger partial charge is 0.253 e. The standard InChI is InChI=1S/C19H21N5O3S/c1-28(26,27)22-16-8-4-6-14(12-16)19(25)23-10-5-7-15(13-23)18-21-20-17-9-2-3-11-24(17)18/h2-4,6,8-9,11-12,15,22H,5,7,10,13H2,1H3. The first-order valence-corrected chi connectivity index (χ1v) is 11.0. The molecule has 9 heteroatoms. The maximum absolute atomic E-state index is 13.0. The van der Waals surface area contributed by atoms with Crippen LogP contribution in [0.15, 0.2) is 48.7 Å².